The van der Waals surface area contributed by atoms with Crippen molar-refractivity contribution >= 4 is 56.4 Å². The highest BCUT2D eigenvalue weighted by Crippen LogP contribution is 2.25. The molecular weight excluding hydrogens is 749 g/mol. The highest BCUT2D eigenvalue weighted by molar-refractivity contribution is 8.14. The SMILES string of the molecule is CC(=O)SCC(=O)NCC(=O)NCC(=O)NCC(=O)NCCCCCCCCCCNC(=O)c1cc(-c2ccc(C)cc2)n(-c2ccc(S(N)(=O)=O)cc2)n1. The first kappa shape index (κ1) is 44.3. The maximum atomic E-state index is 13.0. The minimum Gasteiger partial charge on any atom is -0.355 e. The van der Waals surface area contributed by atoms with E-state index in [4.69, 9.17) is 5.14 Å². The molecule has 5 amide bonds. The van der Waals surface area contributed by atoms with Crippen LogP contribution >= 0.6 is 11.8 Å². The number of amides is 5. The Morgan fingerprint density at radius 1 is 0.673 bits per heavy atom. The lowest BCUT2D eigenvalue weighted by Crippen LogP contribution is -2.44. The number of aryl methyl sites for hydroxylation is 1. The summed E-state index contributed by atoms with van der Waals surface area (Å²) in [6.07, 6.45) is 7.71. The fraction of sp³-hybridized carbons (Fsp3) is 0.432. The molecule has 0 aliphatic heterocycles. The molecule has 18 heteroatoms. The van der Waals surface area contributed by atoms with Gasteiger partial charge in [-0.2, -0.15) is 5.10 Å². The van der Waals surface area contributed by atoms with Crippen LogP contribution in [0.4, 0.5) is 0 Å². The van der Waals surface area contributed by atoms with Gasteiger partial charge >= 0.3 is 0 Å². The second-order valence-corrected chi connectivity index (χ2v) is 15.5. The quantitative estimate of drug-likeness (QED) is 0.0764. The molecule has 298 valence electrons. The number of unbranched alkanes of at least 4 members (excludes halogenated alkanes) is 7. The number of benzene rings is 2. The summed E-state index contributed by atoms with van der Waals surface area (Å²) in [7, 11) is -3.85. The van der Waals surface area contributed by atoms with E-state index >= 15 is 0 Å². The average molecular weight is 799 g/mol. The number of carbonyl (C=O) groups excluding carboxylic acids is 6. The van der Waals surface area contributed by atoms with E-state index in [0.29, 0.717) is 24.5 Å². The van der Waals surface area contributed by atoms with Crippen LogP contribution in [0.1, 0.15) is 74.3 Å². The van der Waals surface area contributed by atoms with Crippen molar-refractivity contribution < 1.29 is 37.2 Å². The zero-order valence-corrected chi connectivity index (χ0v) is 32.8. The number of carbonyl (C=O) groups is 6. The van der Waals surface area contributed by atoms with Crippen molar-refractivity contribution in [3.8, 4) is 16.9 Å². The van der Waals surface area contributed by atoms with Crippen LogP contribution in [0.2, 0.25) is 0 Å². The number of rotatable bonds is 23. The van der Waals surface area contributed by atoms with Gasteiger partial charge in [-0.25, -0.2) is 18.2 Å². The lowest BCUT2D eigenvalue weighted by Gasteiger charge is -2.09. The zero-order chi connectivity index (χ0) is 40.2. The molecule has 0 spiro atoms. The number of nitrogens with one attached hydrogen (secondary N) is 5. The van der Waals surface area contributed by atoms with Crippen LogP contribution in [0.25, 0.3) is 16.9 Å². The predicted molar refractivity (Wildman–Crippen MR) is 210 cm³/mol. The summed E-state index contributed by atoms with van der Waals surface area (Å²) in [4.78, 5) is 71.0. The number of thioether (sulfide) groups is 1. The zero-order valence-electron chi connectivity index (χ0n) is 31.1. The molecule has 0 aliphatic rings. The first-order valence-electron chi connectivity index (χ1n) is 18.0. The summed E-state index contributed by atoms with van der Waals surface area (Å²) in [5, 5.41) is 22.4. The monoisotopic (exact) mass is 798 g/mol. The number of hydrogen-bond acceptors (Lipinski definition) is 10. The highest BCUT2D eigenvalue weighted by Gasteiger charge is 2.18. The number of sulfonamides is 1. The van der Waals surface area contributed by atoms with Crippen molar-refractivity contribution in [2.75, 3.05) is 38.5 Å². The van der Waals surface area contributed by atoms with E-state index in [1.54, 1.807) is 22.9 Å². The van der Waals surface area contributed by atoms with Gasteiger partial charge in [-0.15, -0.1) is 0 Å². The van der Waals surface area contributed by atoms with Gasteiger partial charge in [-0.1, -0.05) is 80.1 Å². The van der Waals surface area contributed by atoms with Gasteiger partial charge in [0.15, 0.2) is 10.8 Å². The maximum Gasteiger partial charge on any atom is 0.271 e. The van der Waals surface area contributed by atoms with Gasteiger partial charge in [0.1, 0.15) is 0 Å². The Morgan fingerprint density at radius 2 is 1.16 bits per heavy atom. The normalized spacial score (nSPS) is 11.0. The fourth-order valence-corrected chi connectivity index (χ4v) is 6.12. The molecule has 0 unspecified atom stereocenters. The van der Waals surface area contributed by atoms with Crippen LogP contribution in [0.15, 0.2) is 59.5 Å². The van der Waals surface area contributed by atoms with Crippen LogP contribution in [-0.2, 0) is 34.0 Å². The number of nitrogens with zero attached hydrogens (tertiary/aromatic N) is 2. The van der Waals surface area contributed by atoms with E-state index < -0.39 is 27.7 Å². The summed E-state index contributed by atoms with van der Waals surface area (Å²) in [6, 6.07) is 15.5. The van der Waals surface area contributed by atoms with E-state index in [9.17, 15) is 37.2 Å². The number of hydrogen-bond donors (Lipinski definition) is 6. The number of nitrogens with two attached hydrogens (primary N) is 1. The lowest BCUT2D eigenvalue weighted by atomic mass is 10.1. The van der Waals surface area contributed by atoms with Crippen molar-refractivity contribution in [3.05, 3.63) is 65.9 Å². The third-order valence-corrected chi connectivity index (χ3v) is 9.90. The number of primary sulfonamides is 1. The van der Waals surface area contributed by atoms with E-state index in [1.165, 1.54) is 19.1 Å². The second kappa shape index (κ2) is 23.0. The molecular formula is C37H50N8O8S2. The topological polar surface area (TPSA) is 241 Å². The first-order valence-corrected chi connectivity index (χ1v) is 20.5. The van der Waals surface area contributed by atoms with Crippen LogP contribution in [0, 0.1) is 6.92 Å². The number of aromatic nitrogens is 2. The van der Waals surface area contributed by atoms with E-state index in [0.717, 1.165) is 74.3 Å². The van der Waals surface area contributed by atoms with Crippen LogP contribution in [-0.4, -0.2) is 91.3 Å². The van der Waals surface area contributed by atoms with Crippen molar-refractivity contribution in [1.29, 1.82) is 0 Å². The van der Waals surface area contributed by atoms with E-state index in [-0.39, 0.29) is 52.9 Å². The largest absolute Gasteiger partial charge is 0.355 e. The summed E-state index contributed by atoms with van der Waals surface area (Å²) >= 11 is 0.826. The molecule has 0 radical (unpaired) electrons. The van der Waals surface area contributed by atoms with Gasteiger partial charge in [0, 0.05) is 25.6 Å². The fourth-order valence-electron chi connectivity index (χ4n) is 5.17. The van der Waals surface area contributed by atoms with E-state index in [2.05, 4.69) is 31.7 Å². The average Bonchev–Trinajstić information content (AvgIpc) is 3.60. The smallest absolute Gasteiger partial charge is 0.271 e. The summed E-state index contributed by atoms with van der Waals surface area (Å²) < 4.78 is 25.1. The van der Waals surface area contributed by atoms with Gasteiger partial charge in [0.25, 0.3) is 5.91 Å². The molecule has 0 saturated heterocycles. The molecule has 0 saturated carbocycles. The highest BCUT2D eigenvalue weighted by atomic mass is 32.2. The standard InChI is InChI=1S/C37H50N8O8S2/c1-26-11-13-28(14-12-26)32-21-31(44-45(32)29-15-17-30(18-16-29)55(38,52)53)37(51)40-20-10-8-6-4-3-5-7-9-19-39-33(47)22-41-34(48)23-42-35(49)24-43-36(50)25-54-27(2)46/h11-18,21H,3-10,19-20,22-25H2,1-2H3,(H,39,47)(H,40,51)(H,41,48)(H,42,49)(H,43,50)(H2,38,52,53). The van der Waals surface area contributed by atoms with E-state index in [1.807, 2.05) is 31.2 Å². The van der Waals surface area contributed by atoms with Crippen LogP contribution in [0.3, 0.4) is 0 Å². The van der Waals surface area contributed by atoms with Crippen molar-refractivity contribution in [2.24, 2.45) is 5.14 Å². The van der Waals surface area contributed by atoms with Crippen molar-refractivity contribution in [2.45, 2.75) is 70.1 Å². The van der Waals surface area contributed by atoms with Gasteiger partial charge in [-0.3, -0.25) is 28.8 Å². The molecule has 0 fully saturated rings. The predicted octanol–water partition coefficient (Wildman–Crippen LogP) is 2.09. The molecule has 1 aromatic heterocycles. The second-order valence-electron chi connectivity index (χ2n) is 12.8. The first-order chi connectivity index (χ1) is 26.2. The van der Waals surface area contributed by atoms with Crippen molar-refractivity contribution in [3.63, 3.8) is 0 Å². The Labute approximate surface area is 325 Å². The molecule has 7 N–H and O–H groups in total. The Kier molecular flexibility index (Phi) is 18.5. The Hall–Kier alpha value is -5.07. The molecule has 0 bridgehead atoms. The molecule has 2 aromatic carbocycles. The van der Waals surface area contributed by atoms with Crippen molar-refractivity contribution in [1.82, 2.24) is 36.4 Å². The van der Waals surface area contributed by atoms with Gasteiger partial charge in [0.05, 0.1) is 41.7 Å². The molecule has 0 atom stereocenters. The van der Waals surface area contributed by atoms with Crippen LogP contribution < -0.4 is 31.7 Å². The van der Waals surface area contributed by atoms with Gasteiger partial charge in [0.2, 0.25) is 33.7 Å². The third-order valence-electron chi connectivity index (χ3n) is 8.16. The maximum absolute atomic E-state index is 13.0. The molecule has 55 heavy (non-hydrogen) atoms. The summed E-state index contributed by atoms with van der Waals surface area (Å²) in [6.45, 7) is 3.43. The Bertz CT molecular complexity index is 1880. The van der Waals surface area contributed by atoms with Gasteiger partial charge < -0.3 is 26.6 Å². The molecule has 0 aliphatic carbocycles. The minimum atomic E-state index is -3.85. The van der Waals surface area contributed by atoms with Gasteiger partial charge in [-0.05, 0) is 50.1 Å². The summed E-state index contributed by atoms with van der Waals surface area (Å²) in [5.74, 6) is -2.31. The third kappa shape index (κ3) is 16.9. The lowest BCUT2D eigenvalue weighted by molar-refractivity contribution is -0.128. The Morgan fingerprint density at radius 3 is 1.69 bits per heavy atom. The summed E-state index contributed by atoms with van der Waals surface area (Å²) in [5.41, 5.74) is 3.45. The minimum absolute atomic E-state index is 0.0186. The molecule has 1 heterocycles. The Balaban J connectivity index is 1.24. The molecule has 3 aromatic rings. The molecule has 16 nitrogen and oxygen atoms in total. The molecule has 3 rings (SSSR count). The van der Waals surface area contributed by atoms with Crippen LogP contribution in [0.5, 0.6) is 0 Å².